The first kappa shape index (κ1) is 15.7. The molecule has 1 fully saturated rings. The Kier molecular flexibility index (Phi) is 3.89. The number of ether oxygens (including phenoxy) is 1. The van der Waals surface area contributed by atoms with E-state index in [1.165, 1.54) is 0 Å². The number of nitrogens with one attached hydrogen (secondary N) is 2. The van der Waals surface area contributed by atoms with Crippen LogP contribution in [-0.2, 0) is 4.74 Å². The molecule has 3 aromatic rings. The summed E-state index contributed by atoms with van der Waals surface area (Å²) in [5.74, 6) is -0.0549. The molecule has 0 spiro atoms. The summed E-state index contributed by atoms with van der Waals surface area (Å²) in [4.78, 5) is 31.6. The Morgan fingerprint density at radius 3 is 2.68 bits per heavy atom. The normalized spacial score (nSPS) is 20.8. The zero-order valence-corrected chi connectivity index (χ0v) is 13.9. The van der Waals surface area contributed by atoms with Crippen molar-refractivity contribution < 1.29 is 9.53 Å². The summed E-state index contributed by atoms with van der Waals surface area (Å²) >= 11 is 0. The number of rotatable bonds is 2. The summed E-state index contributed by atoms with van der Waals surface area (Å²) in [6.07, 6.45) is -0.128. The largest absolute Gasteiger partial charge is 0.370 e. The molecule has 0 radical (unpaired) electrons. The molecule has 4 rings (SSSR count). The van der Waals surface area contributed by atoms with Crippen LogP contribution in [0.5, 0.6) is 0 Å². The summed E-state index contributed by atoms with van der Waals surface area (Å²) < 4.78 is 5.92. The van der Waals surface area contributed by atoms with Crippen molar-refractivity contribution in [2.24, 2.45) is 0 Å². The van der Waals surface area contributed by atoms with Crippen molar-refractivity contribution in [3.63, 3.8) is 0 Å². The maximum atomic E-state index is 13.0. The van der Waals surface area contributed by atoms with E-state index < -0.39 is 0 Å². The van der Waals surface area contributed by atoms with Crippen LogP contribution >= 0.6 is 0 Å². The highest BCUT2D eigenvalue weighted by molar-refractivity contribution is 5.97. The van der Waals surface area contributed by atoms with E-state index in [4.69, 9.17) is 4.74 Å². The van der Waals surface area contributed by atoms with E-state index in [2.05, 4.69) is 9.97 Å². The molecule has 2 unspecified atom stereocenters. The third-order valence-electron chi connectivity index (χ3n) is 4.63. The second-order valence-corrected chi connectivity index (χ2v) is 6.38. The second-order valence-electron chi connectivity index (χ2n) is 6.38. The van der Waals surface area contributed by atoms with E-state index in [1.54, 1.807) is 18.2 Å². The molecule has 0 aliphatic carbocycles. The molecule has 1 aliphatic heterocycles. The van der Waals surface area contributed by atoms with Crippen LogP contribution in [0.25, 0.3) is 11.0 Å². The fourth-order valence-corrected chi connectivity index (χ4v) is 3.24. The third-order valence-corrected chi connectivity index (χ3v) is 4.63. The van der Waals surface area contributed by atoms with Gasteiger partial charge >= 0.3 is 5.69 Å². The van der Waals surface area contributed by atoms with Gasteiger partial charge in [-0.2, -0.15) is 0 Å². The van der Waals surface area contributed by atoms with E-state index in [0.717, 1.165) is 5.56 Å². The van der Waals surface area contributed by atoms with Crippen LogP contribution in [0.3, 0.4) is 0 Å². The Labute approximate surface area is 144 Å². The Hall–Kier alpha value is -2.86. The molecular weight excluding hydrogens is 318 g/mol. The smallest absolute Gasteiger partial charge is 0.323 e. The number of hydrogen-bond donors (Lipinski definition) is 2. The molecule has 2 atom stereocenters. The van der Waals surface area contributed by atoms with Crippen LogP contribution in [0, 0.1) is 0 Å². The topological polar surface area (TPSA) is 78.2 Å². The van der Waals surface area contributed by atoms with Gasteiger partial charge in [-0.05, 0) is 30.7 Å². The highest BCUT2D eigenvalue weighted by Crippen LogP contribution is 2.26. The summed E-state index contributed by atoms with van der Waals surface area (Å²) in [5.41, 5.74) is 2.68. The maximum Gasteiger partial charge on any atom is 0.323 e. The number of amides is 1. The van der Waals surface area contributed by atoms with Crippen LogP contribution in [-0.4, -0.2) is 40.0 Å². The molecular formula is C19H19N3O3. The molecule has 1 saturated heterocycles. The molecule has 2 heterocycles. The van der Waals surface area contributed by atoms with Crippen molar-refractivity contribution in [2.45, 2.75) is 19.1 Å². The zero-order chi connectivity index (χ0) is 17.4. The predicted octanol–water partition coefficient (Wildman–Crippen LogP) is 2.46. The van der Waals surface area contributed by atoms with Gasteiger partial charge in [0.1, 0.15) is 6.10 Å². The molecule has 1 aliphatic rings. The standard InChI is InChI=1S/C19H19N3O3/c1-12-11-25-17(13-5-3-2-4-6-13)10-22(12)18(23)14-7-8-15-16(9-14)21-19(24)20-15/h2-9,12,17H,10-11H2,1H3,(H2,20,21,24). The van der Waals surface area contributed by atoms with E-state index in [0.29, 0.717) is 29.7 Å². The lowest BCUT2D eigenvalue weighted by atomic mass is 10.0. The molecule has 1 aromatic heterocycles. The fraction of sp³-hybridized carbons (Fsp3) is 0.263. The van der Waals surface area contributed by atoms with Crippen LogP contribution in [0.15, 0.2) is 53.3 Å². The van der Waals surface area contributed by atoms with Gasteiger partial charge in [-0.1, -0.05) is 30.3 Å². The van der Waals surface area contributed by atoms with Crippen LogP contribution in [0.2, 0.25) is 0 Å². The average Bonchev–Trinajstić information content (AvgIpc) is 3.01. The van der Waals surface area contributed by atoms with Gasteiger partial charge in [-0.3, -0.25) is 4.79 Å². The van der Waals surface area contributed by atoms with Crippen molar-refractivity contribution in [3.05, 3.63) is 70.1 Å². The summed E-state index contributed by atoms with van der Waals surface area (Å²) in [6.45, 7) is 2.98. The van der Waals surface area contributed by atoms with Crippen LogP contribution < -0.4 is 5.69 Å². The van der Waals surface area contributed by atoms with Gasteiger partial charge < -0.3 is 19.6 Å². The van der Waals surface area contributed by atoms with E-state index in [9.17, 15) is 9.59 Å². The quantitative estimate of drug-likeness (QED) is 0.754. The summed E-state index contributed by atoms with van der Waals surface area (Å²) in [7, 11) is 0. The molecule has 25 heavy (non-hydrogen) atoms. The molecule has 1 amide bonds. The van der Waals surface area contributed by atoms with Gasteiger partial charge in [0.25, 0.3) is 5.91 Å². The van der Waals surface area contributed by atoms with Gasteiger partial charge in [0.2, 0.25) is 0 Å². The van der Waals surface area contributed by atoms with Crippen molar-refractivity contribution in [3.8, 4) is 0 Å². The molecule has 2 N–H and O–H groups in total. The Morgan fingerprint density at radius 2 is 1.88 bits per heavy atom. The first-order valence-electron chi connectivity index (χ1n) is 8.31. The van der Waals surface area contributed by atoms with E-state index in [1.807, 2.05) is 42.2 Å². The lowest BCUT2D eigenvalue weighted by Crippen LogP contribution is -2.48. The number of fused-ring (bicyclic) bond motifs is 1. The monoisotopic (exact) mass is 337 g/mol. The fourth-order valence-electron chi connectivity index (χ4n) is 3.24. The number of benzene rings is 2. The number of aromatic nitrogens is 2. The van der Waals surface area contributed by atoms with Gasteiger partial charge in [-0.25, -0.2) is 4.79 Å². The third kappa shape index (κ3) is 2.96. The number of hydrogen-bond acceptors (Lipinski definition) is 3. The average molecular weight is 337 g/mol. The minimum absolute atomic E-state index is 0.00608. The van der Waals surface area contributed by atoms with Crippen molar-refractivity contribution in [2.75, 3.05) is 13.2 Å². The van der Waals surface area contributed by atoms with Crippen molar-refractivity contribution in [1.29, 1.82) is 0 Å². The molecule has 6 heteroatoms. The van der Waals surface area contributed by atoms with Crippen LogP contribution in [0.4, 0.5) is 0 Å². The molecule has 128 valence electrons. The highest BCUT2D eigenvalue weighted by Gasteiger charge is 2.31. The maximum absolute atomic E-state index is 13.0. The van der Waals surface area contributed by atoms with E-state index >= 15 is 0 Å². The number of imidazole rings is 1. The predicted molar refractivity (Wildman–Crippen MR) is 94.6 cm³/mol. The van der Waals surface area contributed by atoms with Gasteiger partial charge in [-0.15, -0.1) is 0 Å². The van der Waals surface area contributed by atoms with E-state index in [-0.39, 0.29) is 23.7 Å². The first-order valence-corrected chi connectivity index (χ1v) is 8.31. The van der Waals surface area contributed by atoms with Gasteiger partial charge in [0.05, 0.1) is 30.2 Å². The Morgan fingerprint density at radius 1 is 1.12 bits per heavy atom. The summed E-state index contributed by atoms with van der Waals surface area (Å²) in [5, 5.41) is 0. The second kappa shape index (κ2) is 6.22. The molecule has 6 nitrogen and oxygen atoms in total. The van der Waals surface area contributed by atoms with Crippen molar-refractivity contribution in [1.82, 2.24) is 14.9 Å². The van der Waals surface area contributed by atoms with Crippen molar-refractivity contribution >= 4 is 16.9 Å². The minimum atomic E-state index is -0.275. The van der Waals surface area contributed by atoms with Crippen LogP contribution in [0.1, 0.15) is 28.9 Å². The number of nitrogens with zero attached hydrogens (tertiary/aromatic N) is 1. The number of H-pyrrole nitrogens is 2. The van der Waals surface area contributed by atoms with Gasteiger partial charge in [0, 0.05) is 5.56 Å². The zero-order valence-electron chi connectivity index (χ0n) is 13.9. The SMILES string of the molecule is CC1COC(c2ccccc2)CN1C(=O)c1ccc2[nH]c(=O)[nH]c2c1. The molecule has 0 saturated carbocycles. The molecule has 2 aromatic carbocycles. The Balaban J connectivity index is 1.61. The first-order chi connectivity index (χ1) is 12.1. The minimum Gasteiger partial charge on any atom is -0.370 e. The number of carbonyl (C=O) groups is 1. The summed E-state index contributed by atoms with van der Waals surface area (Å²) in [6, 6.07) is 15.1. The number of carbonyl (C=O) groups excluding carboxylic acids is 1. The number of morpholine rings is 1. The lowest BCUT2D eigenvalue weighted by molar-refractivity contribution is -0.0486. The van der Waals surface area contributed by atoms with Gasteiger partial charge in [0.15, 0.2) is 0 Å². The number of aromatic amines is 2. The molecule has 0 bridgehead atoms. The lowest BCUT2D eigenvalue weighted by Gasteiger charge is -2.38. The highest BCUT2D eigenvalue weighted by atomic mass is 16.5. The Bertz CT molecular complexity index is 961.